The topological polar surface area (TPSA) is 47.0 Å². The molecule has 0 aliphatic rings. The molecule has 2 rings (SSSR count). The lowest BCUT2D eigenvalue weighted by molar-refractivity contribution is 0.307. The molecule has 4 nitrogen and oxygen atoms in total. The Morgan fingerprint density at radius 3 is 2.85 bits per heavy atom. The number of anilines is 1. The highest BCUT2D eigenvalue weighted by Gasteiger charge is 2.10. The van der Waals surface area contributed by atoms with Crippen molar-refractivity contribution in [3.8, 4) is 5.88 Å². The number of rotatable bonds is 7. The van der Waals surface area contributed by atoms with E-state index in [1.165, 1.54) is 4.88 Å². The van der Waals surface area contributed by atoms with Crippen LogP contribution < -0.4 is 10.1 Å². The number of thiophene rings is 1. The second-order valence-corrected chi connectivity index (χ2v) is 5.69. The Hall–Kier alpha value is -1.62. The first-order valence-electron chi connectivity index (χ1n) is 6.95. The van der Waals surface area contributed by atoms with Crippen molar-refractivity contribution in [1.82, 2.24) is 9.97 Å². The van der Waals surface area contributed by atoms with Gasteiger partial charge in [0.2, 0.25) is 5.88 Å². The van der Waals surface area contributed by atoms with E-state index in [1.54, 1.807) is 11.3 Å². The summed E-state index contributed by atoms with van der Waals surface area (Å²) in [6, 6.07) is 4.19. The lowest BCUT2D eigenvalue weighted by Gasteiger charge is -2.13. The summed E-state index contributed by atoms with van der Waals surface area (Å²) >= 11 is 1.75. The van der Waals surface area contributed by atoms with Crippen molar-refractivity contribution in [2.24, 2.45) is 0 Å². The molecule has 0 radical (unpaired) electrons. The second-order valence-electron chi connectivity index (χ2n) is 4.65. The fourth-order valence-corrected chi connectivity index (χ4v) is 2.55. The van der Waals surface area contributed by atoms with Crippen molar-refractivity contribution < 1.29 is 4.74 Å². The van der Waals surface area contributed by atoms with E-state index in [0.29, 0.717) is 12.5 Å². The van der Waals surface area contributed by atoms with Crippen molar-refractivity contribution in [2.45, 2.75) is 33.6 Å². The SMILES string of the molecule is CCCNc1nc(C)nc(OCCc2cccs2)c1C. The molecule has 0 aromatic carbocycles. The molecular formula is C15H21N3OS. The summed E-state index contributed by atoms with van der Waals surface area (Å²) in [4.78, 5) is 10.2. The number of hydrogen-bond acceptors (Lipinski definition) is 5. The first-order valence-corrected chi connectivity index (χ1v) is 7.83. The average Bonchev–Trinajstić information content (AvgIpc) is 2.94. The first-order chi connectivity index (χ1) is 9.70. The second kappa shape index (κ2) is 7.24. The van der Waals surface area contributed by atoms with Crippen LogP contribution in [0.5, 0.6) is 5.88 Å². The van der Waals surface area contributed by atoms with Crippen molar-refractivity contribution in [3.05, 3.63) is 33.8 Å². The maximum atomic E-state index is 5.83. The molecule has 0 spiro atoms. The van der Waals surface area contributed by atoms with Crippen LogP contribution in [0.15, 0.2) is 17.5 Å². The van der Waals surface area contributed by atoms with Crippen molar-refractivity contribution >= 4 is 17.2 Å². The largest absolute Gasteiger partial charge is 0.477 e. The van der Waals surface area contributed by atoms with Gasteiger partial charge in [0, 0.05) is 17.8 Å². The van der Waals surface area contributed by atoms with Gasteiger partial charge in [0.25, 0.3) is 0 Å². The lowest BCUT2D eigenvalue weighted by atomic mass is 10.3. The summed E-state index contributed by atoms with van der Waals surface area (Å²) in [7, 11) is 0. The zero-order valence-corrected chi connectivity index (χ0v) is 13.1. The lowest BCUT2D eigenvalue weighted by Crippen LogP contribution is -2.10. The fraction of sp³-hybridized carbons (Fsp3) is 0.467. The summed E-state index contributed by atoms with van der Waals surface area (Å²) in [5.41, 5.74) is 0.982. The molecule has 108 valence electrons. The number of aromatic nitrogens is 2. The smallest absolute Gasteiger partial charge is 0.221 e. The van der Waals surface area contributed by atoms with Gasteiger partial charge in [-0.05, 0) is 31.7 Å². The van der Waals surface area contributed by atoms with Gasteiger partial charge in [-0.25, -0.2) is 4.98 Å². The van der Waals surface area contributed by atoms with Crippen LogP contribution in [0.4, 0.5) is 5.82 Å². The third kappa shape index (κ3) is 3.93. The number of hydrogen-bond donors (Lipinski definition) is 1. The van der Waals surface area contributed by atoms with Gasteiger partial charge in [-0.1, -0.05) is 13.0 Å². The Bertz CT molecular complexity index is 540. The third-order valence-electron chi connectivity index (χ3n) is 2.92. The molecule has 0 saturated heterocycles. The molecule has 0 aliphatic heterocycles. The van der Waals surface area contributed by atoms with Crippen molar-refractivity contribution in [2.75, 3.05) is 18.5 Å². The molecule has 2 heterocycles. The zero-order valence-electron chi connectivity index (χ0n) is 12.3. The van der Waals surface area contributed by atoms with Crippen LogP contribution in [0.25, 0.3) is 0 Å². The normalized spacial score (nSPS) is 10.6. The Balaban J connectivity index is 2.01. The number of ether oxygens (including phenoxy) is 1. The van der Waals surface area contributed by atoms with Gasteiger partial charge in [-0.3, -0.25) is 0 Å². The zero-order chi connectivity index (χ0) is 14.4. The predicted molar refractivity (Wildman–Crippen MR) is 83.8 cm³/mol. The van der Waals surface area contributed by atoms with Gasteiger partial charge in [0.15, 0.2) is 0 Å². The highest BCUT2D eigenvalue weighted by molar-refractivity contribution is 7.09. The Morgan fingerprint density at radius 1 is 1.30 bits per heavy atom. The minimum Gasteiger partial charge on any atom is -0.477 e. The monoisotopic (exact) mass is 291 g/mol. The molecular weight excluding hydrogens is 270 g/mol. The summed E-state index contributed by atoms with van der Waals surface area (Å²) < 4.78 is 5.83. The number of nitrogens with zero attached hydrogens (tertiary/aromatic N) is 2. The molecule has 20 heavy (non-hydrogen) atoms. The molecule has 2 aromatic heterocycles. The molecule has 0 aliphatic carbocycles. The third-order valence-corrected chi connectivity index (χ3v) is 3.86. The van der Waals surface area contributed by atoms with Crippen LogP contribution in [0.1, 0.15) is 29.6 Å². The van der Waals surface area contributed by atoms with Crippen LogP contribution in [0.3, 0.4) is 0 Å². The standard InChI is InChI=1S/C15H21N3OS/c1-4-8-16-14-11(2)15(18-12(3)17-14)19-9-7-13-6-5-10-20-13/h5-6,10H,4,7-9H2,1-3H3,(H,16,17,18). The van der Waals surface area contributed by atoms with Crippen LogP contribution in [-0.2, 0) is 6.42 Å². The van der Waals surface area contributed by atoms with E-state index in [-0.39, 0.29) is 0 Å². The molecule has 0 unspecified atom stereocenters. The number of nitrogens with one attached hydrogen (secondary N) is 1. The minimum atomic E-state index is 0.644. The summed E-state index contributed by atoms with van der Waals surface area (Å²) in [6.07, 6.45) is 1.98. The average molecular weight is 291 g/mol. The Morgan fingerprint density at radius 2 is 2.15 bits per heavy atom. The highest BCUT2D eigenvalue weighted by Crippen LogP contribution is 2.22. The van der Waals surface area contributed by atoms with Crippen molar-refractivity contribution in [1.29, 1.82) is 0 Å². The van der Waals surface area contributed by atoms with E-state index in [9.17, 15) is 0 Å². The fourth-order valence-electron chi connectivity index (χ4n) is 1.86. The molecule has 0 saturated carbocycles. The highest BCUT2D eigenvalue weighted by atomic mass is 32.1. The van der Waals surface area contributed by atoms with E-state index in [1.807, 2.05) is 13.8 Å². The first kappa shape index (κ1) is 14.8. The molecule has 0 fully saturated rings. The quantitative estimate of drug-likeness (QED) is 0.846. The number of aryl methyl sites for hydroxylation is 1. The predicted octanol–water partition coefficient (Wildman–Crippen LogP) is 3.60. The summed E-state index contributed by atoms with van der Waals surface area (Å²) in [6.45, 7) is 7.58. The van der Waals surface area contributed by atoms with E-state index < -0.39 is 0 Å². The van der Waals surface area contributed by atoms with Crippen LogP contribution in [0.2, 0.25) is 0 Å². The maximum absolute atomic E-state index is 5.83. The van der Waals surface area contributed by atoms with E-state index in [0.717, 1.165) is 36.6 Å². The summed E-state index contributed by atoms with van der Waals surface area (Å²) in [5, 5.41) is 5.40. The Labute approximate surface area is 124 Å². The molecule has 0 amide bonds. The minimum absolute atomic E-state index is 0.644. The van der Waals surface area contributed by atoms with Gasteiger partial charge >= 0.3 is 0 Å². The molecule has 0 bridgehead atoms. The van der Waals surface area contributed by atoms with Crippen LogP contribution in [-0.4, -0.2) is 23.1 Å². The molecule has 5 heteroatoms. The van der Waals surface area contributed by atoms with E-state index in [4.69, 9.17) is 4.74 Å². The molecule has 1 N–H and O–H groups in total. The van der Waals surface area contributed by atoms with E-state index >= 15 is 0 Å². The Kier molecular flexibility index (Phi) is 5.35. The maximum Gasteiger partial charge on any atom is 0.221 e. The van der Waals surface area contributed by atoms with Gasteiger partial charge in [0.05, 0.1) is 12.2 Å². The molecule has 0 atom stereocenters. The van der Waals surface area contributed by atoms with Gasteiger partial charge in [0.1, 0.15) is 11.6 Å². The molecule has 2 aromatic rings. The summed E-state index contributed by atoms with van der Waals surface area (Å²) in [5.74, 6) is 2.30. The van der Waals surface area contributed by atoms with Crippen molar-refractivity contribution in [3.63, 3.8) is 0 Å². The van der Waals surface area contributed by atoms with Crippen LogP contribution >= 0.6 is 11.3 Å². The van der Waals surface area contributed by atoms with Gasteiger partial charge in [-0.15, -0.1) is 11.3 Å². The van der Waals surface area contributed by atoms with Gasteiger partial charge < -0.3 is 10.1 Å². The van der Waals surface area contributed by atoms with Crippen LogP contribution in [0, 0.1) is 13.8 Å². The van der Waals surface area contributed by atoms with E-state index in [2.05, 4.69) is 39.7 Å². The van der Waals surface area contributed by atoms with Gasteiger partial charge in [-0.2, -0.15) is 4.98 Å².